The van der Waals surface area contributed by atoms with Gasteiger partial charge in [-0.2, -0.15) is 5.26 Å². The summed E-state index contributed by atoms with van der Waals surface area (Å²) in [4.78, 5) is 4.19. The molecule has 0 spiro atoms. The average molecular weight is 321 g/mol. The zero-order chi connectivity index (χ0) is 16.5. The molecule has 2 heterocycles. The molecule has 1 N–H and O–H groups in total. The van der Waals surface area contributed by atoms with Crippen LogP contribution in [0.4, 0.5) is 15.8 Å². The molecule has 0 unspecified atom stereocenters. The Bertz CT molecular complexity index is 982. The van der Waals surface area contributed by atoms with Crippen molar-refractivity contribution < 1.29 is 13.9 Å². The Labute approximate surface area is 137 Å². The van der Waals surface area contributed by atoms with Crippen molar-refractivity contribution in [2.45, 2.75) is 0 Å². The van der Waals surface area contributed by atoms with E-state index >= 15 is 0 Å². The maximum atomic E-state index is 13.6. The van der Waals surface area contributed by atoms with Gasteiger partial charge >= 0.3 is 0 Å². The highest BCUT2D eigenvalue weighted by molar-refractivity contribution is 5.95. The number of nitrogens with zero attached hydrogens (tertiary/aromatic N) is 2. The first-order chi connectivity index (χ1) is 11.7. The molecule has 0 radical (unpaired) electrons. The maximum Gasteiger partial charge on any atom is 0.163 e. The number of hydrogen-bond acceptors (Lipinski definition) is 5. The fourth-order valence-electron chi connectivity index (χ4n) is 2.65. The van der Waals surface area contributed by atoms with Crippen LogP contribution in [0, 0.1) is 17.1 Å². The Balaban J connectivity index is 1.81. The van der Waals surface area contributed by atoms with Crippen LogP contribution in [0.3, 0.4) is 0 Å². The first-order valence-corrected chi connectivity index (χ1v) is 7.39. The predicted molar refractivity (Wildman–Crippen MR) is 87.1 cm³/mol. The normalized spacial score (nSPS) is 12.7. The molecule has 5 nitrogen and oxygen atoms in total. The molecule has 0 aliphatic carbocycles. The lowest BCUT2D eigenvalue weighted by atomic mass is 10.1. The molecule has 0 saturated carbocycles. The largest absolute Gasteiger partial charge is 0.486 e. The minimum atomic E-state index is -0.385. The van der Waals surface area contributed by atoms with E-state index in [0.717, 1.165) is 0 Å². The lowest BCUT2D eigenvalue weighted by molar-refractivity contribution is 0.171. The number of nitriles is 1. The van der Waals surface area contributed by atoms with Crippen molar-refractivity contribution in [3.63, 3.8) is 0 Å². The van der Waals surface area contributed by atoms with E-state index in [2.05, 4.69) is 16.4 Å². The van der Waals surface area contributed by atoms with Crippen molar-refractivity contribution >= 4 is 22.3 Å². The van der Waals surface area contributed by atoms with E-state index in [4.69, 9.17) is 9.47 Å². The third-order valence-electron chi connectivity index (χ3n) is 3.76. The lowest BCUT2D eigenvalue weighted by Crippen LogP contribution is -2.15. The van der Waals surface area contributed by atoms with E-state index in [1.807, 2.05) is 6.07 Å². The molecule has 4 rings (SSSR count). The molecule has 1 aliphatic rings. The van der Waals surface area contributed by atoms with Crippen LogP contribution in [0.2, 0.25) is 0 Å². The second-order valence-electron chi connectivity index (χ2n) is 5.30. The molecule has 118 valence electrons. The summed E-state index contributed by atoms with van der Waals surface area (Å²) in [6.45, 7) is 1.01. The number of halogens is 1. The number of rotatable bonds is 2. The molecule has 1 aliphatic heterocycles. The van der Waals surface area contributed by atoms with Crippen molar-refractivity contribution in [2.75, 3.05) is 18.5 Å². The number of ether oxygens (including phenoxy) is 2. The average Bonchev–Trinajstić information content (AvgIpc) is 2.62. The topological polar surface area (TPSA) is 67.2 Å². The number of nitrogens with one attached hydrogen (secondary N) is 1. The Kier molecular flexibility index (Phi) is 3.39. The van der Waals surface area contributed by atoms with E-state index < -0.39 is 0 Å². The molecule has 3 aromatic rings. The fourth-order valence-corrected chi connectivity index (χ4v) is 2.65. The van der Waals surface area contributed by atoms with Crippen LogP contribution in [-0.2, 0) is 0 Å². The van der Waals surface area contributed by atoms with Gasteiger partial charge in [0, 0.05) is 23.3 Å². The van der Waals surface area contributed by atoms with Gasteiger partial charge in [-0.25, -0.2) is 4.39 Å². The van der Waals surface area contributed by atoms with Crippen molar-refractivity contribution in [2.24, 2.45) is 0 Å². The van der Waals surface area contributed by atoms with Crippen LogP contribution in [0.1, 0.15) is 5.56 Å². The SMILES string of the molecule is N#Cc1cnc2ccc(F)cc2c1Nc1ccc2c(c1)OCCO2. The summed E-state index contributed by atoms with van der Waals surface area (Å²) in [6, 6.07) is 11.8. The Morgan fingerprint density at radius 2 is 1.92 bits per heavy atom. The molecule has 0 bridgehead atoms. The summed E-state index contributed by atoms with van der Waals surface area (Å²) in [5.74, 6) is 0.928. The highest BCUT2D eigenvalue weighted by Crippen LogP contribution is 2.35. The first kappa shape index (κ1) is 14.3. The van der Waals surface area contributed by atoms with Gasteiger partial charge in [0.25, 0.3) is 0 Å². The van der Waals surface area contributed by atoms with E-state index in [1.54, 1.807) is 18.2 Å². The molecule has 1 aromatic heterocycles. The standard InChI is InChI=1S/C18H12FN3O2/c19-12-1-3-15-14(7-12)18(11(9-20)10-21-15)22-13-2-4-16-17(8-13)24-6-5-23-16/h1-4,7-8,10H,5-6H2,(H,21,22). The monoisotopic (exact) mass is 321 g/mol. The van der Waals surface area contributed by atoms with E-state index in [9.17, 15) is 9.65 Å². The second-order valence-corrected chi connectivity index (χ2v) is 5.30. The van der Waals surface area contributed by atoms with Crippen molar-refractivity contribution in [1.82, 2.24) is 4.98 Å². The number of anilines is 2. The molecule has 2 aromatic carbocycles. The zero-order valence-electron chi connectivity index (χ0n) is 12.5. The quantitative estimate of drug-likeness (QED) is 0.778. The highest BCUT2D eigenvalue weighted by Gasteiger charge is 2.14. The minimum Gasteiger partial charge on any atom is -0.486 e. The third-order valence-corrected chi connectivity index (χ3v) is 3.76. The smallest absolute Gasteiger partial charge is 0.163 e. The van der Waals surface area contributed by atoms with Crippen molar-refractivity contribution in [3.05, 3.63) is 54.0 Å². The van der Waals surface area contributed by atoms with Gasteiger partial charge in [0.15, 0.2) is 11.5 Å². The summed E-state index contributed by atoms with van der Waals surface area (Å²) in [5, 5.41) is 13.1. The first-order valence-electron chi connectivity index (χ1n) is 7.39. The van der Waals surface area contributed by atoms with Gasteiger partial charge < -0.3 is 14.8 Å². The number of pyridine rings is 1. The van der Waals surface area contributed by atoms with Crippen LogP contribution in [-0.4, -0.2) is 18.2 Å². The van der Waals surface area contributed by atoms with Crippen LogP contribution in [0.15, 0.2) is 42.6 Å². The van der Waals surface area contributed by atoms with Gasteiger partial charge in [-0.15, -0.1) is 0 Å². The summed E-state index contributed by atoms with van der Waals surface area (Å²) in [7, 11) is 0. The van der Waals surface area contributed by atoms with Crippen LogP contribution in [0.25, 0.3) is 10.9 Å². The molecule has 0 fully saturated rings. The lowest BCUT2D eigenvalue weighted by Gasteiger charge is -2.19. The Hall–Kier alpha value is -3.33. The zero-order valence-corrected chi connectivity index (χ0v) is 12.5. The second kappa shape index (κ2) is 5.70. The van der Waals surface area contributed by atoms with Gasteiger partial charge in [-0.3, -0.25) is 4.98 Å². The number of fused-ring (bicyclic) bond motifs is 2. The van der Waals surface area contributed by atoms with E-state index in [-0.39, 0.29) is 5.82 Å². The molecular formula is C18H12FN3O2. The fraction of sp³-hybridized carbons (Fsp3) is 0.111. The molecule has 24 heavy (non-hydrogen) atoms. The number of benzene rings is 2. The molecule has 6 heteroatoms. The molecule has 0 amide bonds. The van der Waals surface area contributed by atoms with Crippen LogP contribution in [0.5, 0.6) is 11.5 Å². The number of aromatic nitrogens is 1. The highest BCUT2D eigenvalue weighted by atomic mass is 19.1. The van der Waals surface area contributed by atoms with Crippen molar-refractivity contribution in [3.8, 4) is 17.6 Å². The van der Waals surface area contributed by atoms with Gasteiger partial charge in [0.05, 0.1) is 16.8 Å². The minimum absolute atomic E-state index is 0.336. The van der Waals surface area contributed by atoms with Crippen molar-refractivity contribution in [1.29, 1.82) is 5.26 Å². The number of hydrogen-bond donors (Lipinski definition) is 1. The van der Waals surface area contributed by atoms with Gasteiger partial charge in [0.1, 0.15) is 25.1 Å². The summed E-state index contributed by atoms with van der Waals surface area (Å²) in [5.41, 5.74) is 2.17. The molecule has 0 saturated heterocycles. The van der Waals surface area contributed by atoms with E-state index in [0.29, 0.717) is 52.6 Å². The Morgan fingerprint density at radius 3 is 2.75 bits per heavy atom. The van der Waals surface area contributed by atoms with Gasteiger partial charge in [-0.1, -0.05) is 0 Å². The van der Waals surface area contributed by atoms with Gasteiger partial charge in [-0.05, 0) is 30.3 Å². The summed E-state index contributed by atoms with van der Waals surface area (Å²) in [6.07, 6.45) is 1.47. The van der Waals surface area contributed by atoms with Crippen LogP contribution >= 0.6 is 0 Å². The van der Waals surface area contributed by atoms with Gasteiger partial charge in [0.2, 0.25) is 0 Å². The third kappa shape index (κ3) is 2.46. The predicted octanol–water partition coefficient (Wildman–Crippen LogP) is 3.76. The van der Waals surface area contributed by atoms with Crippen LogP contribution < -0.4 is 14.8 Å². The maximum absolute atomic E-state index is 13.6. The summed E-state index contributed by atoms with van der Waals surface area (Å²) >= 11 is 0. The Morgan fingerprint density at radius 1 is 1.08 bits per heavy atom. The van der Waals surface area contributed by atoms with E-state index in [1.165, 1.54) is 18.3 Å². The summed E-state index contributed by atoms with van der Waals surface area (Å²) < 4.78 is 24.7. The molecule has 0 atom stereocenters. The molecular weight excluding hydrogens is 309 g/mol.